The summed E-state index contributed by atoms with van der Waals surface area (Å²) in [5, 5.41) is 11.1. The third-order valence-corrected chi connectivity index (χ3v) is 2.13. The first kappa shape index (κ1) is 11.9. The summed E-state index contributed by atoms with van der Waals surface area (Å²) in [4.78, 5) is 10.3. The minimum absolute atomic E-state index is 0.0287. The van der Waals surface area contributed by atoms with Gasteiger partial charge in [-0.3, -0.25) is 10.1 Å². The van der Waals surface area contributed by atoms with Crippen LogP contribution in [0.3, 0.4) is 0 Å². The number of halogens is 1. The number of hydrogen-bond acceptors (Lipinski definition) is 3. The lowest BCUT2D eigenvalue weighted by Gasteiger charge is -2.18. The van der Waals surface area contributed by atoms with Gasteiger partial charge in [0.05, 0.1) is 4.92 Å². The zero-order valence-electron chi connectivity index (χ0n) is 8.66. The molecule has 0 spiro atoms. The summed E-state index contributed by atoms with van der Waals surface area (Å²) in [5.74, 6) is 0. The van der Waals surface area contributed by atoms with E-state index in [0.717, 1.165) is 0 Å². The molecule has 0 unspecified atom stereocenters. The van der Waals surface area contributed by atoms with Crippen molar-refractivity contribution in [1.29, 1.82) is 0 Å². The van der Waals surface area contributed by atoms with Gasteiger partial charge in [-0.25, -0.2) is 0 Å². The lowest BCUT2D eigenvalue weighted by molar-refractivity contribution is -0.385. The molecule has 4 nitrogen and oxygen atoms in total. The Morgan fingerprint density at radius 1 is 1.53 bits per heavy atom. The first-order valence-corrected chi connectivity index (χ1v) is 4.89. The molecular weight excluding hydrogens is 216 g/mol. The minimum Gasteiger partial charge on any atom is -0.325 e. The molecule has 15 heavy (non-hydrogen) atoms. The number of hydrogen-bond donors (Lipinski definition) is 1. The Kier molecular flexibility index (Phi) is 3.31. The number of nitrogens with zero attached hydrogens (tertiary/aromatic N) is 1. The van der Waals surface area contributed by atoms with Crippen LogP contribution in [0, 0.1) is 10.1 Å². The van der Waals surface area contributed by atoms with E-state index < -0.39 is 10.5 Å². The lowest BCUT2D eigenvalue weighted by Crippen LogP contribution is -2.34. The van der Waals surface area contributed by atoms with E-state index in [0.29, 0.717) is 17.0 Å². The first-order valence-electron chi connectivity index (χ1n) is 4.51. The van der Waals surface area contributed by atoms with Crippen LogP contribution in [0.4, 0.5) is 5.69 Å². The van der Waals surface area contributed by atoms with Crippen molar-refractivity contribution in [2.75, 3.05) is 0 Å². The maximum absolute atomic E-state index is 10.8. The van der Waals surface area contributed by atoms with Gasteiger partial charge in [-0.1, -0.05) is 17.7 Å². The molecule has 0 aliphatic heterocycles. The molecule has 0 amide bonds. The summed E-state index contributed by atoms with van der Waals surface area (Å²) in [6.07, 6.45) is 0.445. The Morgan fingerprint density at radius 2 is 2.13 bits per heavy atom. The van der Waals surface area contributed by atoms with Crippen LogP contribution in [-0.2, 0) is 6.42 Å². The molecule has 0 saturated heterocycles. The Balaban J connectivity index is 3.12. The third-order valence-electron chi connectivity index (χ3n) is 1.89. The van der Waals surface area contributed by atoms with Crippen molar-refractivity contribution >= 4 is 17.3 Å². The van der Waals surface area contributed by atoms with Crippen LogP contribution in [0.5, 0.6) is 0 Å². The molecule has 2 N–H and O–H groups in total. The van der Waals surface area contributed by atoms with E-state index in [-0.39, 0.29) is 5.69 Å². The quantitative estimate of drug-likeness (QED) is 0.639. The lowest BCUT2D eigenvalue weighted by atomic mass is 9.95. The largest absolute Gasteiger partial charge is 0.325 e. The molecule has 0 saturated carbocycles. The monoisotopic (exact) mass is 228 g/mol. The van der Waals surface area contributed by atoms with Gasteiger partial charge in [-0.05, 0) is 26.3 Å². The summed E-state index contributed by atoms with van der Waals surface area (Å²) >= 11 is 5.70. The summed E-state index contributed by atoms with van der Waals surface area (Å²) in [6, 6.07) is 4.63. The molecule has 1 aromatic carbocycles. The fourth-order valence-electron chi connectivity index (χ4n) is 1.35. The van der Waals surface area contributed by atoms with Gasteiger partial charge < -0.3 is 5.73 Å². The second-order valence-electron chi connectivity index (χ2n) is 4.20. The van der Waals surface area contributed by atoms with Crippen LogP contribution in [0.15, 0.2) is 18.2 Å². The van der Waals surface area contributed by atoms with E-state index in [4.69, 9.17) is 17.3 Å². The average molecular weight is 229 g/mol. The summed E-state index contributed by atoms with van der Waals surface area (Å²) in [7, 11) is 0. The number of nitrogens with two attached hydrogens (primary N) is 1. The highest BCUT2D eigenvalue weighted by Gasteiger charge is 2.20. The van der Waals surface area contributed by atoms with Gasteiger partial charge in [0.1, 0.15) is 0 Å². The van der Waals surface area contributed by atoms with Gasteiger partial charge in [-0.2, -0.15) is 0 Å². The molecule has 1 aromatic rings. The van der Waals surface area contributed by atoms with Crippen LogP contribution in [0.1, 0.15) is 19.4 Å². The van der Waals surface area contributed by atoms with Crippen LogP contribution in [0.2, 0.25) is 5.02 Å². The van der Waals surface area contributed by atoms with Gasteiger partial charge in [0, 0.05) is 22.2 Å². The summed E-state index contributed by atoms with van der Waals surface area (Å²) < 4.78 is 0. The zero-order valence-corrected chi connectivity index (χ0v) is 9.41. The van der Waals surface area contributed by atoms with E-state index in [2.05, 4.69) is 0 Å². The smallest absolute Gasteiger partial charge is 0.274 e. The SMILES string of the molecule is CC(C)(N)Cc1ccc(Cl)cc1[N+](=O)[O-]. The predicted octanol–water partition coefficient (Wildman–Crippen LogP) is 2.53. The van der Waals surface area contributed by atoms with Gasteiger partial charge in [0.25, 0.3) is 5.69 Å². The van der Waals surface area contributed by atoms with Crippen molar-refractivity contribution in [1.82, 2.24) is 0 Å². The predicted molar refractivity (Wildman–Crippen MR) is 60.1 cm³/mol. The molecule has 0 heterocycles. The Bertz CT molecular complexity index is 385. The van der Waals surface area contributed by atoms with Crippen molar-refractivity contribution in [3.8, 4) is 0 Å². The average Bonchev–Trinajstić information content (AvgIpc) is 2.05. The second-order valence-corrected chi connectivity index (χ2v) is 4.63. The van der Waals surface area contributed by atoms with Crippen LogP contribution < -0.4 is 5.73 Å². The molecule has 0 aliphatic rings. The molecule has 0 radical (unpaired) electrons. The van der Waals surface area contributed by atoms with Crippen molar-refractivity contribution in [2.24, 2.45) is 5.73 Å². The van der Waals surface area contributed by atoms with E-state index in [1.54, 1.807) is 12.1 Å². The molecular formula is C10H13ClN2O2. The van der Waals surface area contributed by atoms with Crippen molar-refractivity contribution < 1.29 is 4.92 Å². The maximum Gasteiger partial charge on any atom is 0.274 e. The van der Waals surface area contributed by atoms with E-state index in [9.17, 15) is 10.1 Å². The molecule has 82 valence electrons. The van der Waals surface area contributed by atoms with Gasteiger partial charge in [-0.15, -0.1) is 0 Å². The van der Waals surface area contributed by atoms with E-state index in [1.807, 2.05) is 13.8 Å². The molecule has 0 aliphatic carbocycles. The highest BCUT2D eigenvalue weighted by atomic mass is 35.5. The summed E-state index contributed by atoms with van der Waals surface area (Å²) in [6.45, 7) is 3.65. The zero-order chi connectivity index (χ0) is 11.6. The van der Waals surface area contributed by atoms with Crippen LogP contribution in [-0.4, -0.2) is 10.5 Å². The van der Waals surface area contributed by atoms with Crippen molar-refractivity contribution in [2.45, 2.75) is 25.8 Å². The van der Waals surface area contributed by atoms with Gasteiger partial charge in [0.2, 0.25) is 0 Å². The van der Waals surface area contributed by atoms with Crippen LogP contribution >= 0.6 is 11.6 Å². The third kappa shape index (κ3) is 3.49. The molecule has 5 heteroatoms. The molecule has 1 rings (SSSR count). The Hall–Kier alpha value is -1.13. The summed E-state index contributed by atoms with van der Waals surface area (Å²) in [5.41, 5.74) is 5.98. The van der Waals surface area contributed by atoms with Gasteiger partial charge in [0.15, 0.2) is 0 Å². The van der Waals surface area contributed by atoms with Gasteiger partial charge >= 0.3 is 0 Å². The number of rotatable bonds is 3. The minimum atomic E-state index is -0.474. The molecule has 0 fully saturated rings. The number of nitro benzene ring substituents is 1. The fraction of sp³-hybridized carbons (Fsp3) is 0.400. The highest BCUT2D eigenvalue weighted by Crippen LogP contribution is 2.25. The van der Waals surface area contributed by atoms with Crippen molar-refractivity contribution in [3.63, 3.8) is 0 Å². The standard InChI is InChI=1S/C10H13ClN2O2/c1-10(2,12)6-7-3-4-8(11)5-9(7)13(14)15/h3-5H,6,12H2,1-2H3. The molecule has 0 aromatic heterocycles. The topological polar surface area (TPSA) is 69.2 Å². The molecule has 0 bridgehead atoms. The van der Waals surface area contributed by atoms with Crippen molar-refractivity contribution in [3.05, 3.63) is 38.9 Å². The number of benzene rings is 1. The normalized spacial score (nSPS) is 11.5. The highest BCUT2D eigenvalue weighted by molar-refractivity contribution is 6.30. The Morgan fingerprint density at radius 3 is 2.60 bits per heavy atom. The number of nitro groups is 1. The first-order chi connectivity index (χ1) is 6.79. The maximum atomic E-state index is 10.8. The second kappa shape index (κ2) is 4.16. The molecule has 0 atom stereocenters. The van der Waals surface area contributed by atoms with Crippen LogP contribution in [0.25, 0.3) is 0 Å². The fourth-order valence-corrected chi connectivity index (χ4v) is 1.51. The van der Waals surface area contributed by atoms with E-state index in [1.165, 1.54) is 6.07 Å². The Labute approximate surface area is 93.2 Å². The van der Waals surface area contributed by atoms with E-state index >= 15 is 0 Å².